The van der Waals surface area contributed by atoms with Gasteiger partial charge in [-0.1, -0.05) is 103 Å². The highest BCUT2D eigenvalue weighted by Crippen LogP contribution is 2.49. The first-order valence-electron chi connectivity index (χ1n) is 15.8. The Balaban J connectivity index is 1.73. The zero-order chi connectivity index (χ0) is 30.7. The third-order valence-corrected chi connectivity index (χ3v) is 14.8. The van der Waals surface area contributed by atoms with Gasteiger partial charge >= 0.3 is 0 Å². The predicted molar refractivity (Wildman–Crippen MR) is 181 cm³/mol. The van der Waals surface area contributed by atoms with Crippen LogP contribution in [-0.2, 0) is 20.5 Å². The van der Waals surface area contributed by atoms with Crippen LogP contribution in [0.4, 0.5) is 0 Å². The van der Waals surface area contributed by atoms with E-state index < -0.39 is 8.32 Å². The Hall–Kier alpha value is -3.02. The van der Waals surface area contributed by atoms with Gasteiger partial charge < -0.3 is 13.9 Å². The van der Waals surface area contributed by atoms with Crippen molar-refractivity contribution in [1.29, 1.82) is 0 Å². The van der Waals surface area contributed by atoms with E-state index in [4.69, 9.17) is 13.9 Å². The summed E-state index contributed by atoms with van der Waals surface area (Å²) in [5, 5.41) is 2.81. The number of hydrogen-bond acceptors (Lipinski definition) is 3. The molecule has 0 aromatic heterocycles. The molecule has 0 radical (unpaired) electrons. The highest BCUT2D eigenvalue weighted by molar-refractivity contribution is 7.00. The van der Waals surface area contributed by atoms with E-state index in [-0.39, 0.29) is 23.9 Å². The maximum Gasteiger partial charge on any atom is 0.263 e. The molecule has 1 aliphatic heterocycles. The number of hydrogen-bond donors (Lipinski definition) is 0. The van der Waals surface area contributed by atoms with Gasteiger partial charge in [0.1, 0.15) is 6.29 Å². The van der Waals surface area contributed by atoms with E-state index in [0.29, 0.717) is 13.2 Å². The Morgan fingerprint density at radius 1 is 0.744 bits per heavy atom. The van der Waals surface area contributed by atoms with Gasteiger partial charge in [0.2, 0.25) is 0 Å². The van der Waals surface area contributed by atoms with Crippen molar-refractivity contribution in [2.45, 2.75) is 86.4 Å². The summed E-state index contributed by atoms with van der Waals surface area (Å²) in [5.74, 6) is 0.170. The molecule has 3 nitrogen and oxygen atoms in total. The molecule has 0 aliphatic carbocycles. The summed E-state index contributed by atoms with van der Waals surface area (Å²) >= 11 is 0. The van der Waals surface area contributed by atoms with Gasteiger partial charge in [0.25, 0.3) is 8.32 Å². The van der Waals surface area contributed by atoms with Crippen molar-refractivity contribution in [2.75, 3.05) is 6.61 Å². The molecule has 1 heterocycles. The summed E-state index contributed by atoms with van der Waals surface area (Å²) in [4.78, 5) is 0. The highest BCUT2D eigenvalue weighted by atomic mass is 28.4. The molecular weight excluding hydrogens is 545 g/mol. The Kier molecular flexibility index (Phi) is 9.72. The fraction of sp³-hybridized carbons (Fsp3) is 0.385. The summed E-state index contributed by atoms with van der Waals surface area (Å²) in [5.41, 5.74) is 10.5. The molecule has 0 bridgehead atoms. The summed E-state index contributed by atoms with van der Waals surface area (Å²) in [7, 11) is -2.91. The molecule has 4 atom stereocenters. The maximum atomic E-state index is 7.51. The molecule has 4 heteroatoms. The minimum Gasteiger partial charge on any atom is -0.383 e. The monoisotopic (exact) mass is 592 g/mol. The quantitative estimate of drug-likeness (QED) is 0.173. The van der Waals surface area contributed by atoms with Gasteiger partial charge in [0, 0.05) is 13.0 Å². The second kappa shape index (κ2) is 13.3. The normalized spacial score (nSPS) is 19.3. The Bertz CT molecular complexity index is 1430. The fourth-order valence-electron chi connectivity index (χ4n) is 7.90. The third-order valence-electron chi connectivity index (χ3n) is 9.25. The van der Waals surface area contributed by atoms with Crippen molar-refractivity contribution in [2.24, 2.45) is 5.92 Å². The lowest BCUT2D eigenvalue weighted by atomic mass is 9.92. The maximum absolute atomic E-state index is 7.51. The van der Waals surface area contributed by atoms with E-state index in [1.807, 2.05) is 0 Å². The molecule has 0 saturated carbocycles. The van der Waals surface area contributed by atoms with E-state index in [1.54, 1.807) is 0 Å². The summed E-state index contributed by atoms with van der Waals surface area (Å²) in [6.45, 7) is 19.2. The van der Waals surface area contributed by atoms with Gasteiger partial charge in [-0.05, 0) is 104 Å². The predicted octanol–water partition coefficient (Wildman–Crippen LogP) is 8.34. The van der Waals surface area contributed by atoms with Gasteiger partial charge in [0.05, 0.1) is 12.7 Å². The molecule has 1 fully saturated rings. The Labute approximate surface area is 260 Å². The SMILES string of the molecule is CCOC1CC([C@H](C)[C@H](OCc2ccccc2)c2ccccc2)[Si](c2c(C)cc(C)cc2C)(c2c(C)cc(C)cc2C)O1. The van der Waals surface area contributed by atoms with Crippen LogP contribution >= 0.6 is 0 Å². The molecular formula is C39H48O3Si. The largest absolute Gasteiger partial charge is 0.383 e. The van der Waals surface area contributed by atoms with Gasteiger partial charge in [0.15, 0.2) is 0 Å². The first kappa shape index (κ1) is 31.4. The minimum atomic E-state index is -2.91. The number of rotatable bonds is 10. The second-order valence-corrected chi connectivity index (χ2v) is 16.1. The van der Waals surface area contributed by atoms with Crippen LogP contribution in [-0.4, -0.2) is 21.2 Å². The summed E-state index contributed by atoms with van der Waals surface area (Å²) in [6, 6.07) is 30.7. The summed E-state index contributed by atoms with van der Waals surface area (Å²) in [6.07, 6.45) is 0.493. The zero-order valence-electron chi connectivity index (χ0n) is 27.2. The smallest absolute Gasteiger partial charge is 0.263 e. The third kappa shape index (κ3) is 6.30. The van der Waals surface area contributed by atoms with Gasteiger partial charge in [-0.25, -0.2) is 0 Å². The molecule has 4 aromatic carbocycles. The topological polar surface area (TPSA) is 27.7 Å². The van der Waals surface area contributed by atoms with Gasteiger partial charge in [-0.2, -0.15) is 0 Å². The van der Waals surface area contributed by atoms with Crippen LogP contribution in [0.5, 0.6) is 0 Å². The van der Waals surface area contributed by atoms with Gasteiger partial charge in [-0.3, -0.25) is 0 Å². The molecule has 0 N–H and O–H groups in total. The van der Waals surface area contributed by atoms with Crippen LogP contribution < -0.4 is 10.4 Å². The van der Waals surface area contributed by atoms with Crippen LogP contribution in [0.15, 0.2) is 84.9 Å². The molecule has 226 valence electrons. The van der Waals surface area contributed by atoms with E-state index in [9.17, 15) is 0 Å². The van der Waals surface area contributed by atoms with Crippen LogP contribution in [0.3, 0.4) is 0 Å². The van der Waals surface area contributed by atoms with Crippen molar-refractivity contribution in [3.8, 4) is 0 Å². The lowest BCUT2D eigenvalue weighted by Crippen LogP contribution is -2.66. The van der Waals surface area contributed by atoms with E-state index in [0.717, 1.165) is 6.42 Å². The molecule has 0 amide bonds. The van der Waals surface area contributed by atoms with Crippen LogP contribution in [0.2, 0.25) is 5.54 Å². The lowest BCUT2D eigenvalue weighted by Gasteiger charge is -2.41. The van der Waals surface area contributed by atoms with E-state index in [2.05, 4.69) is 140 Å². The standard InChI is InChI=1S/C39H48O3Si/c1-9-40-36-24-35(32(8)37(34-18-14-11-15-19-34)41-25-33-16-12-10-13-17-33)43(42-36,38-28(4)20-26(2)21-29(38)5)39-30(6)22-27(3)23-31(39)7/h10-23,32,35-37H,9,24-25H2,1-8H3/t32-,35?,36?,37-/m0/s1. The minimum absolute atomic E-state index is 0.0978. The molecule has 43 heavy (non-hydrogen) atoms. The van der Waals surface area contributed by atoms with Crippen molar-refractivity contribution in [1.82, 2.24) is 0 Å². The van der Waals surface area contributed by atoms with Crippen molar-refractivity contribution < 1.29 is 13.9 Å². The molecule has 1 aliphatic rings. The zero-order valence-corrected chi connectivity index (χ0v) is 28.2. The van der Waals surface area contributed by atoms with Crippen LogP contribution in [0.25, 0.3) is 0 Å². The molecule has 1 saturated heterocycles. The summed E-state index contributed by atoms with van der Waals surface area (Å²) < 4.78 is 20.8. The van der Waals surface area contributed by atoms with Crippen molar-refractivity contribution in [3.05, 3.63) is 129 Å². The van der Waals surface area contributed by atoms with Gasteiger partial charge in [-0.15, -0.1) is 0 Å². The second-order valence-electron chi connectivity index (χ2n) is 12.6. The van der Waals surface area contributed by atoms with Crippen LogP contribution in [0.1, 0.15) is 70.9 Å². The fourth-order valence-corrected chi connectivity index (χ4v) is 14.0. The van der Waals surface area contributed by atoms with Crippen molar-refractivity contribution in [3.63, 3.8) is 0 Å². The Morgan fingerprint density at radius 2 is 1.23 bits per heavy atom. The first-order chi connectivity index (χ1) is 20.6. The van der Waals surface area contributed by atoms with Crippen LogP contribution in [0, 0.1) is 47.5 Å². The number of aryl methyl sites for hydroxylation is 6. The molecule has 5 rings (SSSR count). The van der Waals surface area contributed by atoms with E-state index in [1.165, 1.54) is 54.9 Å². The number of ether oxygens (including phenoxy) is 2. The Morgan fingerprint density at radius 3 is 1.72 bits per heavy atom. The highest BCUT2D eigenvalue weighted by Gasteiger charge is 2.59. The first-order valence-corrected chi connectivity index (χ1v) is 17.8. The molecule has 2 unspecified atom stereocenters. The lowest BCUT2D eigenvalue weighted by molar-refractivity contribution is -0.0685. The average molecular weight is 593 g/mol. The van der Waals surface area contributed by atoms with E-state index >= 15 is 0 Å². The van der Waals surface area contributed by atoms with Crippen molar-refractivity contribution >= 4 is 18.7 Å². The molecule has 4 aromatic rings. The number of benzene rings is 4. The average Bonchev–Trinajstić information content (AvgIpc) is 3.32. The molecule has 0 spiro atoms.